The minimum absolute atomic E-state index is 0.141. The number of thiophene rings is 1. The van der Waals surface area contributed by atoms with E-state index < -0.39 is 10.0 Å². The number of sulfonamides is 1. The first-order valence-electron chi connectivity index (χ1n) is 6.46. The zero-order chi connectivity index (χ0) is 15.6. The number of rotatable bonds is 5. The Labute approximate surface area is 133 Å². The van der Waals surface area contributed by atoms with E-state index in [2.05, 4.69) is 0 Å². The number of nitrogens with two attached hydrogens (primary N) is 1. The molecule has 0 saturated carbocycles. The Bertz CT molecular complexity index is 648. The molecule has 1 aromatic rings. The van der Waals surface area contributed by atoms with Crippen LogP contribution in [0.5, 0.6) is 0 Å². The van der Waals surface area contributed by atoms with Gasteiger partial charge in [0.15, 0.2) is 0 Å². The Kier molecular flexibility index (Phi) is 4.97. The number of carbonyl (C=O) groups excluding carboxylic acids is 1. The standard InChI is InChI=1S/C12H17N3O3S3/c1-14(8-10(16)15-6-2-3-7-15)21(17,18)11-5-4-9(20-11)12(13)19/h4-5H,2-3,6-8H2,1H3,(H2,13,19). The van der Waals surface area contributed by atoms with Crippen LogP contribution in [-0.2, 0) is 14.8 Å². The Morgan fingerprint density at radius 1 is 1.43 bits per heavy atom. The molecule has 0 unspecified atom stereocenters. The van der Waals surface area contributed by atoms with Crippen LogP contribution in [0, 0.1) is 0 Å². The lowest BCUT2D eigenvalue weighted by atomic mass is 10.4. The largest absolute Gasteiger partial charge is 0.389 e. The summed E-state index contributed by atoms with van der Waals surface area (Å²) >= 11 is 5.84. The van der Waals surface area contributed by atoms with Crippen LogP contribution in [0.4, 0.5) is 0 Å². The van der Waals surface area contributed by atoms with Gasteiger partial charge in [-0.05, 0) is 25.0 Å². The highest BCUT2D eigenvalue weighted by Gasteiger charge is 2.27. The average molecular weight is 347 g/mol. The number of likely N-dealkylation sites (tertiary alicyclic amines) is 1. The summed E-state index contributed by atoms with van der Waals surface area (Å²) in [5.74, 6) is -0.162. The highest BCUT2D eigenvalue weighted by molar-refractivity contribution is 7.91. The molecule has 1 saturated heterocycles. The quantitative estimate of drug-likeness (QED) is 0.790. The second kappa shape index (κ2) is 6.39. The summed E-state index contributed by atoms with van der Waals surface area (Å²) in [7, 11) is -2.28. The first-order valence-corrected chi connectivity index (χ1v) is 9.12. The van der Waals surface area contributed by atoms with Crippen LogP contribution >= 0.6 is 23.6 Å². The van der Waals surface area contributed by atoms with Crippen molar-refractivity contribution in [2.45, 2.75) is 17.1 Å². The van der Waals surface area contributed by atoms with Gasteiger partial charge in [0.1, 0.15) is 9.20 Å². The number of amides is 1. The maximum Gasteiger partial charge on any atom is 0.252 e. The molecule has 2 rings (SSSR count). The van der Waals surface area contributed by atoms with Gasteiger partial charge in [-0.2, -0.15) is 4.31 Å². The molecule has 116 valence electrons. The molecule has 9 heteroatoms. The van der Waals surface area contributed by atoms with E-state index in [-0.39, 0.29) is 21.6 Å². The van der Waals surface area contributed by atoms with Crippen LogP contribution in [-0.4, -0.2) is 55.2 Å². The number of nitrogens with zero attached hydrogens (tertiary/aromatic N) is 2. The molecule has 1 amide bonds. The molecular weight excluding hydrogens is 330 g/mol. The molecule has 1 aromatic heterocycles. The maximum absolute atomic E-state index is 12.4. The van der Waals surface area contributed by atoms with E-state index in [1.807, 2.05) is 0 Å². The summed E-state index contributed by atoms with van der Waals surface area (Å²) in [6.07, 6.45) is 1.95. The SMILES string of the molecule is CN(CC(=O)N1CCCC1)S(=O)(=O)c1ccc(C(N)=S)s1. The third-order valence-electron chi connectivity index (χ3n) is 3.31. The molecule has 1 aliphatic rings. The van der Waals surface area contributed by atoms with Crippen molar-refractivity contribution in [3.8, 4) is 0 Å². The smallest absolute Gasteiger partial charge is 0.252 e. The van der Waals surface area contributed by atoms with Gasteiger partial charge in [0.05, 0.1) is 11.4 Å². The van der Waals surface area contributed by atoms with Gasteiger partial charge in [-0.15, -0.1) is 11.3 Å². The fourth-order valence-corrected chi connectivity index (χ4v) is 4.77. The van der Waals surface area contributed by atoms with E-state index in [0.717, 1.165) is 28.5 Å². The van der Waals surface area contributed by atoms with Crippen LogP contribution in [0.3, 0.4) is 0 Å². The highest BCUT2D eigenvalue weighted by atomic mass is 32.2. The number of thiocarbonyl (C=S) groups is 1. The lowest BCUT2D eigenvalue weighted by Crippen LogP contribution is -2.39. The second-order valence-electron chi connectivity index (χ2n) is 4.83. The van der Waals surface area contributed by atoms with Crippen LogP contribution in [0.25, 0.3) is 0 Å². The lowest BCUT2D eigenvalue weighted by molar-refractivity contribution is -0.130. The van der Waals surface area contributed by atoms with E-state index in [1.165, 1.54) is 13.1 Å². The minimum Gasteiger partial charge on any atom is -0.389 e. The molecule has 0 atom stereocenters. The van der Waals surface area contributed by atoms with Gasteiger partial charge in [0, 0.05) is 20.1 Å². The van der Waals surface area contributed by atoms with E-state index in [0.29, 0.717) is 18.0 Å². The van der Waals surface area contributed by atoms with Crippen LogP contribution in [0.2, 0.25) is 0 Å². The number of hydrogen-bond acceptors (Lipinski definition) is 5. The Balaban J connectivity index is 2.10. The Morgan fingerprint density at radius 3 is 2.57 bits per heavy atom. The van der Waals surface area contributed by atoms with E-state index in [1.54, 1.807) is 11.0 Å². The second-order valence-corrected chi connectivity index (χ2v) is 8.63. The summed E-state index contributed by atoms with van der Waals surface area (Å²) in [6.45, 7) is 1.26. The molecular formula is C12H17N3O3S3. The summed E-state index contributed by atoms with van der Waals surface area (Å²) in [5.41, 5.74) is 5.48. The van der Waals surface area contributed by atoms with Crippen molar-refractivity contribution in [3.05, 3.63) is 17.0 Å². The van der Waals surface area contributed by atoms with Gasteiger partial charge in [0.2, 0.25) is 5.91 Å². The highest BCUT2D eigenvalue weighted by Crippen LogP contribution is 2.24. The van der Waals surface area contributed by atoms with Gasteiger partial charge in [0.25, 0.3) is 10.0 Å². The number of carbonyl (C=O) groups is 1. The van der Waals surface area contributed by atoms with Crippen molar-refractivity contribution in [3.63, 3.8) is 0 Å². The van der Waals surface area contributed by atoms with Gasteiger partial charge in [-0.3, -0.25) is 4.79 Å². The first-order chi connectivity index (χ1) is 9.82. The van der Waals surface area contributed by atoms with Gasteiger partial charge < -0.3 is 10.6 Å². The number of hydrogen-bond donors (Lipinski definition) is 1. The molecule has 0 aliphatic carbocycles. The van der Waals surface area contributed by atoms with Crippen molar-refractivity contribution < 1.29 is 13.2 Å². The maximum atomic E-state index is 12.4. The number of likely N-dealkylation sites (N-methyl/N-ethyl adjacent to an activating group) is 1. The molecule has 0 radical (unpaired) electrons. The summed E-state index contributed by atoms with van der Waals surface area (Å²) in [6, 6.07) is 3.04. The van der Waals surface area contributed by atoms with E-state index in [9.17, 15) is 13.2 Å². The molecule has 1 fully saturated rings. The fourth-order valence-electron chi connectivity index (χ4n) is 2.09. The minimum atomic E-state index is -3.69. The van der Waals surface area contributed by atoms with E-state index >= 15 is 0 Å². The first kappa shape index (κ1) is 16.3. The van der Waals surface area contributed by atoms with Crippen molar-refractivity contribution >= 4 is 44.5 Å². The zero-order valence-corrected chi connectivity index (χ0v) is 14.1. The van der Waals surface area contributed by atoms with Gasteiger partial charge in [-0.1, -0.05) is 12.2 Å². The molecule has 2 N–H and O–H groups in total. The van der Waals surface area contributed by atoms with Crippen LogP contribution < -0.4 is 5.73 Å². The van der Waals surface area contributed by atoms with Crippen molar-refractivity contribution in [1.82, 2.24) is 9.21 Å². The van der Waals surface area contributed by atoms with Crippen molar-refractivity contribution in [2.24, 2.45) is 5.73 Å². The molecule has 1 aliphatic heterocycles. The molecule has 0 aromatic carbocycles. The predicted molar refractivity (Wildman–Crippen MR) is 85.8 cm³/mol. The summed E-state index contributed by atoms with van der Waals surface area (Å²) in [4.78, 5) is 14.4. The monoisotopic (exact) mass is 347 g/mol. The van der Waals surface area contributed by atoms with Crippen molar-refractivity contribution in [1.29, 1.82) is 0 Å². The van der Waals surface area contributed by atoms with Gasteiger partial charge in [-0.25, -0.2) is 8.42 Å². The van der Waals surface area contributed by atoms with Crippen LogP contribution in [0.15, 0.2) is 16.3 Å². The molecule has 0 spiro atoms. The third kappa shape index (κ3) is 3.60. The zero-order valence-electron chi connectivity index (χ0n) is 11.6. The Hall–Kier alpha value is -1.03. The van der Waals surface area contributed by atoms with Crippen LogP contribution in [0.1, 0.15) is 17.7 Å². The summed E-state index contributed by atoms with van der Waals surface area (Å²) in [5, 5.41) is 0. The Morgan fingerprint density at radius 2 is 2.05 bits per heavy atom. The fraction of sp³-hybridized carbons (Fsp3) is 0.500. The van der Waals surface area contributed by atoms with Crippen molar-refractivity contribution in [2.75, 3.05) is 26.7 Å². The molecule has 6 nitrogen and oxygen atoms in total. The third-order valence-corrected chi connectivity index (χ3v) is 7.04. The molecule has 0 bridgehead atoms. The lowest BCUT2D eigenvalue weighted by Gasteiger charge is -2.20. The average Bonchev–Trinajstić information content (AvgIpc) is 3.10. The topological polar surface area (TPSA) is 83.7 Å². The normalized spacial score (nSPS) is 15.6. The van der Waals surface area contributed by atoms with Gasteiger partial charge >= 0.3 is 0 Å². The molecule has 2 heterocycles. The predicted octanol–water partition coefficient (Wildman–Crippen LogP) is 0.625. The van der Waals surface area contributed by atoms with E-state index in [4.69, 9.17) is 18.0 Å². The summed E-state index contributed by atoms with van der Waals surface area (Å²) < 4.78 is 26.0. The molecule has 21 heavy (non-hydrogen) atoms.